The van der Waals surface area contributed by atoms with E-state index in [1.807, 2.05) is 6.92 Å². The van der Waals surface area contributed by atoms with E-state index in [1.54, 1.807) is 0 Å². The number of ketones is 1. The van der Waals surface area contributed by atoms with Crippen LogP contribution in [-0.2, 0) is 21.4 Å². The molecule has 0 amide bonds. The molecule has 186 valence electrons. The predicted octanol–water partition coefficient (Wildman–Crippen LogP) is 6.16. The molecule has 1 aliphatic carbocycles. The monoisotopic (exact) mass is 494 g/mol. The molecule has 1 saturated heterocycles. The fourth-order valence-electron chi connectivity index (χ4n) is 4.59. The average Bonchev–Trinajstić information content (AvgIpc) is 3.47. The zero-order valence-electron chi connectivity index (χ0n) is 18.9. The van der Waals surface area contributed by atoms with Crippen molar-refractivity contribution < 1.29 is 36.2 Å². The largest absolute Gasteiger partial charge is 0.450 e. The summed E-state index contributed by atoms with van der Waals surface area (Å²) in [6, 6.07) is 3.30. The number of aromatic amines is 1. The first-order valence-electron chi connectivity index (χ1n) is 11.3. The topological polar surface area (TPSA) is 64.2 Å². The molecule has 5 nitrogen and oxygen atoms in total. The molecule has 35 heavy (non-hydrogen) atoms. The number of hydrogen-bond acceptors (Lipinski definition) is 4. The maximum atomic E-state index is 14.9. The number of rotatable bonds is 8. The van der Waals surface area contributed by atoms with Gasteiger partial charge in [-0.15, -0.1) is 0 Å². The van der Waals surface area contributed by atoms with E-state index in [0.29, 0.717) is 19.6 Å². The lowest BCUT2D eigenvalue weighted by Crippen LogP contribution is -2.40. The second kappa shape index (κ2) is 8.29. The average molecular weight is 494 g/mol. The first-order chi connectivity index (χ1) is 16.5. The third-order valence-electron chi connectivity index (χ3n) is 6.92. The lowest BCUT2D eigenvalue weighted by molar-refractivity contribution is -0.160. The molecule has 1 saturated carbocycles. The zero-order valence-corrected chi connectivity index (χ0v) is 18.9. The van der Waals surface area contributed by atoms with Gasteiger partial charge in [0.05, 0.1) is 24.0 Å². The number of benzene rings is 1. The Morgan fingerprint density at radius 2 is 1.89 bits per heavy atom. The molecule has 0 unspecified atom stereocenters. The van der Waals surface area contributed by atoms with Crippen LogP contribution in [0.1, 0.15) is 43.7 Å². The smallest absolute Gasteiger partial charge is 0.398 e. The molecule has 1 N–H and O–H groups in total. The molecule has 3 aromatic rings. The highest BCUT2D eigenvalue weighted by atomic mass is 19.4. The van der Waals surface area contributed by atoms with Gasteiger partial charge in [-0.1, -0.05) is 6.92 Å². The molecular formula is C25H23F5N2O3. The van der Waals surface area contributed by atoms with Gasteiger partial charge in [0, 0.05) is 30.7 Å². The van der Waals surface area contributed by atoms with Gasteiger partial charge in [0.1, 0.15) is 17.2 Å². The van der Waals surface area contributed by atoms with Gasteiger partial charge in [-0.25, -0.2) is 13.8 Å². The van der Waals surface area contributed by atoms with Crippen LogP contribution < -0.4 is 4.74 Å². The van der Waals surface area contributed by atoms with Crippen LogP contribution >= 0.6 is 0 Å². The molecular weight excluding hydrogens is 471 g/mol. The number of aromatic nitrogens is 2. The summed E-state index contributed by atoms with van der Waals surface area (Å²) in [5.41, 5.74) is -1.85. The summed E-state index contributed by atoms with van der Waals surface area (Å²) in [5, 5.41) is 0.0360. The third-order valence-corrected chi connectivity index (χ3v) is 6.92. The number of ether oxygens (including phenoxy) is 2. The number of fused-ring (bicyclic) bond motifs is 1. The van der Waals surface area contributed by atoms with Crippen molar-refractivity contribution in [1.29, 1.82) is 0 Å². The molecule has 2 fully saturated rings. The molecule has 1 aromatic carbocycles. The summed E-state index contributed by atoms with van der Waals surface area (Å²) in [5.74, 6) is -3.14. The number of Topliss-reactive ketones (excluding diaryl/α,β-unsaturated/α-hetero) is 1. The van der Waals surface area contributed by atoms with Crippen LogP contribution in [0.2, 0.25) is 0 Å². The molecule has 0 atom stereocenters. The van der Waals surface area contributed by atoms with E-state index >= 15 is 0 Å². The van der Waals surface area contributed by atoms with Crippen LogP contribution in [0.5, 0.6) is 11.5 Å². The normalized spacial score (nSPS) is 18.3. The predicted molar refractivity (Wildman–Crippen MR) is 116 cm³/mol. The molecule has 2 aromatic heterocycles. The molecule has 3 heterocycles. The van der Waals surface area contributed by atoms with Gasteiger partial charge in [0.25, 0.3) is 0 Å². The third kappa shape index (κ3) is 4.28. The van der Waals surface area contributed by atoms with Gasteiger partial charge in [-0.3, -0.25) is 4.79 Å². The van der Waals surface area contributed by atoms with E-state index in [-0.39, 0.29) is 64.8 Å². The van der Waals surface area contributed by atoms with Crippen LogP contribution in [0.4, 0.5) is 22.0 Å². The summed E-state index contributed by atoms with van der Waals surface area (Å²) in [6.07, 6.45) is -1.39. The fraction of sp³-hybridized carbons (Fsp3) is 0.440. The molecule has 0 bridgehead atoms. The number of nitrogens with one attached hydrogen (secondary N) is 1. The molecule has 2 aliphatic rings. The van der Waals surface area contributed by atoms with Gasteiger partial charge in [0.2, 0.25) is 0 Å². The summed E-state index contributed by atoms with van der Waals surface area (Å²) >= 11 is 0. The number of carbonyl (C=O) groups is 1. The maximum absolute atomic E-state index is 14.9. The van der Waals surface area contributed by atoms with Crippen LogP contribution in [0.15, 0.2) is 30.6 Å². The van der Waals surface area contributed by atoms with Gasteiger partial charge in [-0.2, -0.15) is 13.2 Å². The van der Waals surface area contributed by atoms with Gasteiger partial charge < -0.3 is 14.5 Å². The van der Waals surface area contributed by atoms with Crippen molar-refractivity contribution in [3.8, 4) is 11.5 Å². The number of hydrogen-bond donors (Lipinski definition) is 1. The van der Waals surface area contributed by atoms with Crippen molar-refractivity contribution in [2.24, 2.45) is 5.41 Å². The Balaban J connectivity index is 1.38. The molecule has 0 radical (unpaired) electrons. The fourth-order valence-corrected chi connectivity index (χ4v) is 4.59. The number of alkyl halides is 3. The Hall–Kier alpha value is -3.01. The van der Waals surface area contributed by atoms with Crippen LogP contribution in [-0.4, -0.2) is 35.1 Å². The van der Waals surface area contributed by atoms with Crippen LogP contribution in [0.25, 0.3) is 11.0 Å². The standard InChI is InChI=1S/C25H23F5N2O3/c1-23(12-34-13-23)4-2-15(33)8-14-9-17(26)21(18(27)10-14)35-19-3-7-31-22-20(19)16(11-32-22)24(5-6-24)25(28,29)30/h3,7,9-11H,2,4-6,8,12-13H2,1H3,(H,31,32). The maximum Gasteiger partial charge on any atom is 0.398 e. The van der Waals surface area contributed by atoms with Gasteiger partial charge >= 0.3 is 6.18 Å². The molecule has 5 rings (SSSR count). The summed E-state index contributed by atoms with van der Waals surface area (Å²) in [7, 11) is 0. The minimum Gasteiger partial charge on any atom is -0.450 e. The van der Waals surface area contributed by atoms with Gasteiger partial charge in [-0.05, 0) is 48.6 Å². The molecule has 0 spiro atoms. The number of pyridine rings is 1. The van der Waals surface area contributed by atoms with Crippen molar-refractivity contribution >= 4 is 16.8 Å². The highest BCUT2D eigenvalue weighted by molar-refractivity contribution is 5.88. The lowest BCUT2D eigenvalue weighted by Gasteiger charge is -2.37. The van der Waals surface area contributed by atoms with Crippen molar-refractivity contribution in [2.45, 2.75) is 50.6 Å². The van der Waals surface area contributed by atoms with Crippen molar-refractivity contribution in [2.75, 3.05) is 13.2 Å². The Kier molecular flexibility index (Phi) is 5.62. The van der Waals surface area contributed by atoms with E-state index in [0.717, 1.165) is 12.1 Å². The second-order valence-electron chi connectivity index (χ2n) is 9.82. The Bertz CT molecular complexity index is 1270. The van der Waals surface area contributed by atoms with Crippen LogP contribution in [0.3, 0.4) is 0 Å². The molecule has 10 heteroatoms. The second-order valence-corrected chi connectivity index (χ2v) is 9.82. The number of halogens is 5. The molecule has 1 aliphatic heterocycles. The van der Waals surface area contributed by atoms with E-state index in [9.17, 15) is 26.7 Å². The van der Waals surface area contributed by atoms with E-state index in [1.165, 1.54) is 18.5 Å². The van der Waals surface area contributed by atoms with E-state index in [4.69, 9.17) is 9.47 Å². The van der Waals surface area contributed by atoms with Crippen LogP contribution in [0, 0.1) is 17.0 Å². The summed E-state index contributed by atoms with van der Waals surface area (Å²) in [4.78, 5) is 19.0. The minimum absolute atomic E-state index is 0.0360. The van der Waals surface area contributed by atoms with Crippen molar-refractivity contribution in [1.82, 2.24) is 9.97 Å². The lowest BCUT2D eigenvalue weighted by atomic mass is 9.82. The number of nitrogens with zero attached hydrogens (tertiary/aromatic N) is 1. The van der Waals surface area contributed by atoms with E-state index < -0.39 is 29.0 Å². The SMILES string of the molecule is CC1(CCC(=O)Cc2cc(F)c(Oc3ccnc4[nH]cc(C5(C(F)(F)F)CC5)c34)c(F)c2)COC1. The van der Waals surface area contributed by atoms with Crippen molar-refractivity contribution in [3.05, 3.63) is 53.4 Å². The minimum atomic E-state index is -4.48. The van der Waals surface area contributed by atoms with Crippen molar-refractivity contribution in [3.63, 3.8) is 0 Å². The number of H-pyrrole nitrogens is 1. The Morgan fingerprint density at radius 1 is 1.20 bits per heavy atom. The first-order valence-corrected chi connectivity index (χ1v) is 11.3. The number of carbonyl (C=O) groups excluding carboxylic acids is 1. The first kappa shape index (κ1) is 23.7. The zero-order chi connectivity index (χ0) is 25.0. The highest BCUT2D eigenvalue weighted by Gasteiger charge is 2.65. The summed E-state index contributed by atoms with van der Waals surface area (Å²) < 4.78 is 81.6. The summed E-state index contributed by atoms with van der Waals surface area (Å²) in [6.45, 7) is 3.19. The quantitative estimate of drug-likeness (QED) is 0.381. The van der Waals surface area contributed by atoms with E-state index in [2.05, 4.69) is 9.97 Å². The Morgan fingerprint density at radius 3 is 2.46 bits per heavy atom. The highest BCUT2D eigenvalue weighted by Crippen LogP contribution is 2.61. The Labute approximate surface area is 197 Å². The van der Waals surface area contributed by atoms with Gasteiger partial charge in [0.15, 0.2) is 17.4 Å².